The summed E-state index contributed by atoms with van der Waals surface area (Å²) in [6.45, 7) is -0.468. The summed E-state index contributed by atoms with van der Waals surface area (Å²) >= 11 is 0. The number of cyclic esters (lactones) is 1. The van der Waals surface area contributed by atoms with Crippen LogP contribution < -0.4 is 0 Å². The first-order chi connectivity index (χ1) is 4.66. The van der Waals surface area contributed by atoms with E-state index in [0.717, 1.165) is 0 Å². The summed E-state index contributed by atoms with van der Waals surface area (Å²) in [6, 6.07) is 0. The number of esters is 1. The van der Waals surface area contributed by atoms with Crippen molar-refractivity contribution in [1.82, 2.24) is 0 Å². The third-order valence-electron chi connectivity index (χ3n) is 1.39. The van der Waals surface area contributed by atoms with Crippen molar-refractivity contribution < 1.29 is 24.9 Å². The van der Waals surface area contributed by atoms with E-state index >= 15 is 0 Å². The molecule has 0 saturated carbocycles. The van der Waals surface area contributed by atoms with Crippen molar-refractivity contribution >= 4 is 5.97 Å². The molecule has 3 N–H and O–H groups in total. The zero-order valence-electron chi connectivity index (χ0n) is 5.10. The Morgan fingerprint density at radius 1 is 1.50 bits per heavy atom. The summed E-state index contributed by atoms with van der Waals surface area (Å²) in [6.07, 6.45) is -3.77. The lowest BCUT2D eigenvalue weighted by Crippen LogP contribution is -2.32. The van der Waals surface area contributed by atoms with Crippen LogP contribution in [0.2, 0.25) is 0 Å². The lowest BCUT2D eigenvalue weighted by atomic mass is 10.1. The number of carbonyl (C=O) groups is 1. The highest BCUT2D eigenvalue weighted by Crippen LogP contribution is 2.14. The fourth-order valence-electron chi connectivity index (χ4n) is 0.777. The van der Waals surface area contributed by atoms with Gasteiger partial charge in [0.25, 0.3) is 0 Å². The molecule has 1 fully saturated rings. The molecule has 1 aliphatic heterocycles. The first kappa shape index (κ1) is 7.46. The molecule has 1 aliphatic rings. The van der Waals surface area contributed by atoms with Crippen molar-refractivity contribution in [1.29, 1.82) is 0 Å². The maximum absolute atomic E-state index is 10.4. The molecule has 0 bridgehead atoms. The van der Waals surface area contributed by atoms with Crippen molar-refractivity contribution in [2.75, 3.05) is 6.61 Å². The molecule has 5 nitrogen and oxygen atoms in total. The SMILES string of the molecule is O=C1O[C@H](CO)[C@H](O)[C@H]1O. The topological polar surface area (TPSA) is 87.0 Å². The van der Waals surface area contributed by atoms with Gasteiger partial charge in [0.2, 0.25) is 0 Å². The van der Waals surface area contributed by atoms with E-state index in [0.29, 0.717) is 0 Å². The highest BCUT2D eigenvalue weighted by molar-refractivity contribution is 5.77. The molecule has 5 heteroatoms. The predicted molar refractivity (Wildman–Crippen MR) is 29.0 cm³/mol. The molecule has 1 saturated heterocycles. The van der Waals surface area contributed by atoms with Gasteiger partial charge in [-0.2, -0.15) is 0 Å². The minimum absolute atomic E-state index is 0.468. The highest BCUT2D eigenvalue weighted by atomic mass is 16.6. The Balaban J connectivity index is 2.61. The molecular weight excluding hydrogens is 140 g/mol. The van der Waals surface area contributed by atoms with E-state index in [1.54, 1.807) is 0 Å². The molecular formula is C5H8O5. The van der Waals surface area contributed by atoms with E-state index in [-0.39, 0.29) is 0 Å². The van der Waals surface area contributed by atoms with Gasteiger partial charge in [-0.15, -0.1) is 0 Å². The molecule has 0 unspecified atom stereocenters. The van der Waals surface area contributed by atoms with Crippen LogP contribution in [0.5, 0.6) is 0 Å². The molecule has 1 rings (SSSR count). The van der Waals surface area contributed by atoms with Gasteiger partial charge in [-0.3, -0.25) is 0 Å². The van der Waals surface area contributed by atoms with Crippen LogP contribution in [-0.2, 0) is 9.53 Å². The monoisotopic (exact) mass is 148 g/mol. The van der Waals surface area contributed by atoms with Crippen LogP contribution in [0.15, 0.2) is 0 Å². The Labute approximate surface area is 56.9 Å². The Morgan fingerprint density at radius 3 is 2.30 bits per heavy atom. The second-order valence-electron chi connectivity index (χ2n) is 2.09. The lowest BCUT2D eigenvalue weighted by Gasteiger charge is -2.08. The number of carbonyl (C=O) groups excluding carboxylic acids is 1. The van der Waals surface area contributed by atoms with Crippen molar-refractivity contribution in [3.05, 3.63) is 0 Å². The first-order valence-electron chi connectivity index (χ1n) is 2.84. The summed E-state index contributed by atoms with van der Waals surface area (Å²) in [5.41, 5.74) is 0. The average Bonchev–Trinajstić information content (AvgIpc) is 2.17. The summed E-state index contributed by atoms with van der Waals surface area (Å²) < 4.78 is 4.35. The molecule has 1 heterocycles. The van der Waals surface area contributed by atoms with Gasteiger partial charge >= 0.3 is 5.97 Å². The van der Waals surface area contributed by atoms with Crippen LogP contribution in [0.3, 0.4) is 0 Å². The van der Waals surface area contributed by atoms with E-state index in [9.17, 15) is 4.79 Å². The standard InChI is InChI=1S/C5H8O5/c6-1-2-3(7)4(8)5(9)10-2/h2-4,6-8H,1H2/t2-,3+,4-/m1/s1. The molecule has 0 aromatic carbocycles. The molecule has 0 radical (unpaired) electrons. The third-order valence-corrected chi connectivity index (χ3v) is 1.39. The van der Waals surface area contributed by atoms with Gasteiger partial charge < -0.3 is 20.1 Å². The van der Waals surface area contributed by atoms with Crippen molar-refractivity contribution in [3.63, 3.8) is 0 Å². The summed E-state index contributed by atoms with van der Waals surface area (Å²) in [4.78, 5) is 10.4. The zero-order chi connectivity index (χ0) is 7.72. The number of rotatable bonds is 1. The summed E-state index contributed by atoms with van der Waals surface area (Å²) in [5, 5.41) is 26.0. The molecule has 58 valence electrons. The Hall–Kier alpha value is -0.650. The van der Waals surface area contributed by atoms with E-state index < -0.39 is 30.9 Å². The number of hydrogen-bond donors (Lipinski definition) is 3. The fraction of sp³-hybridized carbons (Fsp3) is 0.800. The van der Waals surface area contributed by atoms with Gasteiger partial charge in [0.15, 0.2) is 12.2 Å². The Morgan fingerprint density at radius 2 is 2.10 bits per heavy atom. The molecule has 3 atom stereocenters. The second kappa shape index (κ2) is 2.53. The number of ether oxygens (including phenoxy) is 1. The van der Waals surface area contributed by atoms with E-state index in [1.807, 2.05) is 0 Å². The van der Waals surface area contributed by atoms with Crippen LogP contribution in [0, 0.1) is 0 Å². The maximum atomic E-state index is 10.4. The predicted octanol–water partition coefficient (Wildman–Crippen LogP) is -2.37. The van der Waals surface area contributed by atoms with Crippen LogP contribution >= 0.6 is 0 Å². The smallest absolute Gasteiger partial charge is 0.338 e. The van der Waals surface area contributed by atoms with E-state index in [1.165, 1.54) is 0 Å². The van der Waals surface area contributed by atoms with Gasteiger partial charge in [-0.1, -0.05) is 0 Å². The normalized spacial score (nSPS) is 39.9. The molecule has 0 spiro atoms. The Bertz CT molecular complexity index is 145. The summed E-state index contributed by atoms with van der Waals surface area (Å²) in [7, 11) is 0. The highest BCUT2D eigenvalue weighted by Gasteiger charge is 2.41. The minimum atomic E-state index is -1.50. The van der Waals surface area contributed by atoms with Gasteiger partial charge in [0.1, 0.15) is 6.10 Å². The van der Waals surface area contributed by atoms with Crippen LogP contribution in [0.1, 0.15) is 0 Å². The van der Waals surface area contributed by atoms with Crippen molar-refractivity contribution in [3.8, 4) is 0 Å². The first-order valence-corrected chi connectivity index (χ1v) is 2.84. The van der Waals surface area contributed by atoms with E-state index in [2.05, 4.69) is 4.74 Å². The third kappa shape index (κ3) is 0.985. The molecule has 0 aliphatic carbocycles. The van der Waals surface area contributed by atoms with Gasteiger partial charge in [0, 0.05) is 0 Å². The van der Waals surface area contributed by atoms with E-state index in [4.69, 9.17) is 15.3 Å². The molecule has 0 aromatic heterocycles. The van der Waals surface area contributed by atoms with Crippen LogP contribution in [0.4, 0.5) is 0 Å². The number of aliphatic hydroxyl groups is 3. The molecule has 0 aromatic rings. The van der Waals surface area contributed by atoms with Crippen molar-refractivity contribution in [2.24, 2.45) is 0 Å². The fourth-order valence-corrected chi connectivity index (χ4v) is 0.777. The average molecular weight is 148 g/mol. The van der Waals surface area contributed by atoms with Gasteiger partial charge in [-0.05, 0) is 0 Å². The quantitative estimate of drug-likeness (QED) is 0.362. The lowest BCUT2D eigenvalue weighted by molar-refractivity contribution is -0.148. The number of hydrogen-bond acceptors (Lipinski definition) is 5. The van der Waals surface area contributed by atoms with Gasteiger partial charge in [0.05, 0.1) is 6.61 Å². The van der Waals surface area contributed by atoms with Crippen molar-refractivity contribution in [2.45, 2.75) is 18.3 Å². The Kier molecular flexibility index (Phi) is 1.89. The minimum Gasteiger partial charge on any atom is -0.455 e. The molecule has 10 heavy (non-hydrogen) atoms. The van der Waals surface area contributed by atoms with Crippen LogP contribution in [-0.4, -0.2) is 46.2 Å². The van der Waals surface area contributed by atoms with Crippen LogP contribution in [0.25, 0.3) is 0 Å². The summed E-state index contributed by atoms with van der Waals surface area (Å²) in [5.74, 6) is -0.883. The number of aliphatic hydroxyl groups excluding tert-OH is 3. The second-order valence-corrected chi connectivity index (χ2v) is 2.09. The maximum Gasteiger partial charge on any atom is 0.338 e. The van der Waals surface area contributed by atoms with Gasteiger partial charge in [-0.25, -0.2) is 4.79 Å². The molecule has 0 amide bonds. The zero-order valence-corrected chi connectivity index (χ0v) is 5.10. The largest absolute Gasteiger partial charge is 0.455 e.